The number of benzene rings is 2. The molecule has 0 radical (unpaired) electrons. The van der Waals surface area contributed by atoms with Crippen molar-refractivity contribution in [2.75, 3.05) is 17.2 Å². The highest BCUT2D eigenvalue weighted by Gasteiger charge is 2.28. The average molecular weight is 472 g/mol. The Hall–Kier alpha value is -2.54. The van der Waals surface area contributed by atoms with Crippen molar-refractivity contribution in [3.8, 4) is 0 Å². The Labute approximate surface area is 195 Å². The van der Waals surface area contributed by atoms with Gasteiger partial charge in [0.15, 0.2) is 0 Å². The number of amides is 2. The Morgan fingerprint density at radius 1 is 1.03 bits per heavy atom. The number of pyridine rings is 1. The van der Waals surface area contributed by atoms with Crippen LogP contribution in [0.3, 0.4) is 0 Å². The van der Waals surface area contributed by atoms with Gasteiger partial charge in [-0.3, -0.25) is 14.6 Å². The van der Waals surface area contributed by atoms with Crippen LogP contribution in [0.5, 0.6) is 0 Å². The largest absolute Gasteiger partial charge is 0.331 e. The van der Waals surface area contributed by atoms with Gasteiger partial charge in [0.1, 0.15) is 6.54 Å². The van der Waals surface area contributed by atoms with E-state index >= 15 is 0 Å². The fourth-order valence-electron chi connectivity index (χ4n) is 3.34. The zero-order valence-corrected chi connectivity index (χ0v) is 18.8. The molecular weight excluding hydrogens is 453 g/mol. The van der Waals surface area contributed by atoms with Crippen LogP contribution in [0.1, 0.15) is 11.3 Å². The lowest BCUT2D eigenvalue weighted by atomic mass is 10.2. The Balaban J connectivity index is 1.59. The van der Waals surface area contributed by atoms with Crippen molar-refractivity contribution in [2.45, 2.75) is 18.0 Å². The van der Waals surface area contributed by atoms with E-state index in [1.165, 1.54) is 11.8 Å². The zero-order valence-electron chi connectivity index (χ0n) is 16.5. The summed E-state index contributed by atoms with van der Waals surface area (Å²) in [5, 5.41) is 0.891. The molecule has 3 aromatic rings. The first-order valence-corrected chi connectivity index (χ1v) is 11.4. The van der Waals surface area contributed by atoms with Crippen LogP contribution < -0.4 is 4.90 Å². The van der Waals surface area contributed by atoms with Crippen LogP contribution >= 0.6 is 35.0 Å². The molecule has 0 aliphatic carbocycles. The number of nitrogens with zero attached hydrogens (tertiary/aromatic N) is 3. The highest BCUT2D eigenvalue weighted by Crippen LogP contribution is 2.35. The summed E-state index contributed by atoms with van der Waals surface area (Å²) < 4.78 is 0. The van der Waals surface area contributed by atoms with Crippen molar-refractivity contribution in [2.24, 2.45) is 0 Å². The topological polar surface area (TPSA) is 53.5 Å². The lowest BCUT2D eigenvalue weighted by molar-refractivity contribution is -0.132. The van der Waals surface area contributed by atoms with E-state index in [4.69, 9.17) is 23.2 Å². The Kier molecular flexibility index (Phi) is 6.80. The molecule has 0 fully saturated rings. The molecule has 158 valence electrons. The molecule has 2 aromatic carbocycles. The van der Waals surface area contributed by atoms with E-state index in [9.17, 15) is 9.59 Å². The molecule has 0 spiro atoms. The molecule has 1 aromatic heterocycles. The quantitative estimate of drug-likeness (QED) is 0.504. The second kappa shape index (κ2) is 9.73. The third-order valence-electron chi connectivity index (χ3n) is 4.89. The van der Waals surface area contributed by atoms with Gasteiger partial charge >= 0.3 is 0 Å². The molecule has 31 heavy (non-hydrogen) atoms. The number of halogens is 2. The third-order valence-corrected chi connectivity index (χ3v) is 6.68. The molecule has 0 unspecified atom stereocenters. The van der Waals surface area contributed by atoms with Gasteiger partial charge in [0.2, 0.25) is 11.8 Å². The summed E-state index contributed by atoms with van der Waals surface area (Å²) in [5.74, 6) is 0.0632. The van der Waals surface area contributed by atoms with E-state index in [-0.39, 0.29) is 18.4 Å². The number of fused-ring (bicyclic) bond motifs is 1. The summed E-state index contributed by atoms with van der Waals surface area (Å²) in [6.45, 7) is 0.605. The summed E-state index contributed by atoms with van der Waals surface area (Å²) >= 11 is 13.7. The van der Waals surface area contributed by atoms with Gasteiger partial charge in [0.25, 0.3) is 0 Å². The van der Waals surface area contributed by atoms with E-state index < -0.39 is 0 Å². The van der Waals surface area contributed by atoms with Gasteiger partial charge in [-0.15, -0.1) is 11.8 Å². The number of aromatic nitrogens is 1. The first-order valence-electron chi connectivity index (χ1n) is 9.65. The van der Waals surface area contributed by atoms with E-state index in [1.54, 1.807) is 28.1 Å². The first kappa shape index (κ1) is 21.7. The van der Waals surface area contributed by atoms with Gasteiger partial charge in [-0.05, 0) is 42.0 Å². The fourth-order valence-corrected chi connectivity index (χ4v) is 4.60. The molecule has 1 aliphatic heterocycles. The monoisotopic (exact) mass is 471 g/mol. The number of rotatable bonds is 6. The Bertz CT molecular complexity index is 1110. The van der Waals surface area contributed by atoms with E-state index in [2.05, 4.69) is 4.98 Å². The van der Waals surface area contributed by atoms with Crippen LogP contribution in [-0.4, -0.2) is 34.0 Å². The van der Waals surface area contributed by atoms with Gasteiger partial charge in [-0.1, -0.05) is 47.5 Å². The average Bonchev–Trinajstić information content (AvgIpc) is 2.78. The van der Waals surface area contributed by atoms with Gasteiger partial charge in [-0.25, -0.2) is 0 Å². The predicted octanol–water partition coefficient (Wildman–Crippen LogP) is 5.06. The minimum Gasteiger partial charge on any atom is -0.331 e. The zero-order chi connectivity index (χ0) is 21.8. The summed E-state index contributed by atoms with van der Waals surface area (Å²) in [6.07, 6.45) is 1.69. The number of thioether (sulfide) groups is 1. The Morgan fingerprint density at radius 2 is 1.84 bits per heavy atom. The molecule has 0 bridgehead atoms. The lowest BCUT2D eigenvalue weighted by Gasteiger charge is -2.31. The molecule has 0 atom stereocenters. The lowest BCUT2D eigenvalue weighted by Crippen LogP contribution is -2.44. The SMILES string of the molecule is O=C(CN1C(=O)CSc2ccccc21)N(Cc1ccc(Cl)c(Cl)c1)Cc1ccccn1. The summed E-state index contributed by atoms with van der Waals surface area (Å²) in [7, 11) is 0. The van der Waals surface area contributed by atoms with Crippen molar-refractivity contribution in [3.63, 3.8) is 0 Å². The third kappa shape index (κ3) is 5.21. The van der Waals surface area contributed by atoms with E-state index in [1.807, 2.05) is 48.5 Å². The fraction of sp³-hybridized carbons (Fsp3) is 0.174. The molecule has 0 saturated carbocycles. The van der Waals surface area contributed by atoms with E-state index in [0.29, 0.717) is 28.9 Å². The van der Waals surface area contributed by atoms with Crippen LogP contribution in [0, 0.1) is 0 Å². The predicted molar refractivity (Wildman–Crippen MR) is 124 cm³/mol. The molecule has 0 saturated heterocycles. The minimum absolute atomic E-state index is 0.0371. The van der Waals surface area contributed by atoms with Crippen molar-refractivity contribution >= 4 is 52.5 Å². The summed E-state index contributed by atoms with van der Waals surface area (Å²) in [5.41, 5.74) is 2.38. The normalized spacial score (nSPS) is 13.1. The number of carbonyl (C=O) groups excluding carboxylic acids is 2. The van der Waals surface area contributed by atoms with Crippen LogP contribution in [0.25, 0.3) is 0 Å². The first-order chi connectivity index (χ1) is 15.0. The smallest absolute Gasteiger partial charge is 0.243 e. The molecule has 1 aliphatic rings. The molecule has 4 rings (SSSR count). The van der Waals surface area contributed by atoms with Gasteiger partial charge in [0, 0.05) is 17.6 Å². The second-order valence-corrected chi connectivity index (χ2v) is 8.89. The maximum absolute atomic E-state index is 13.4. The number of carbonyl (C=O) groups is 2. The highest BCUT2D eigenvalue weighted by atomic mass is 35.5. The number of hydrogen-bond donors (Lipinski definition) is 0. The summed E-state index contributed by atoms with van der Waals surface area (Å²) in [4.78, 5) is 34.6. The molecule has 5 nitrogen and oxygen atoms in total. The van der Waals surface area contributed by atoms with Crippen molar-refractivity contribution < 1.29 is 9.59 Å². The van der Waals surface area contributed by atoms with Crippen molar-refractivity contribution in [3.05, 3.63) is 88.2 Å². The van der Waals surface area contributed by atoms with Crippen molar-refractivity contribution in [1.29, 1.82) is 0 Å². The Morgan fingerprint density at radius 3 is 2.61 bits per heavy atom. The standard InChI is InChI=1S/C23H19Cl2N3O2S/c24-18-9-8-16(11-19(18)25)12-27(13-17-5-3-4-10-26-17)22(29)14-28-20-6-1-2-7-21(20)31-15-23(28)30/h1-11H,12-15H2. The van der Waals surface area contributed by atoms with Crippen LogP contribution in [0.15, 0.2) is 71.8 Å². The van der Waals surface area contributed by atoms with Crippen LogP contribution in [-0.2, 0) is 22.7 Å². The van der Waals surface area contributed by atoms with E-state index in [0.717, 1.165) is 21.8 Å². The second-order valence-electron chi connectivity index (χ2n) is 7.06. The van der Waals surface area contributed by atoms with Gasteiger partial charge in [0.05, 0.1) is 33.7 Å². The van der Waals surface area contributed by atoms with Gasteiger partial charge < -0.3 is 9.80 Å². The molecular formula is C23H19Cl2N3O2S. The maximum Gasteiger partial charge on any atom is 0.243 e. The minimum atomic E-state index is -0.174. The van der Waals surface area contributed by atoms with Crippen LogP contribution in [0.2, 0.25) is 10.0 Å². The molecule has 8 heteroatoms. The van der Waals surface area contributed by atoms with Crippen LogP contribution in [0.4, 0.5) is 5.69 Å². The number of hydrogen-bond acceptors (Lipinski definition) is 4. The molecule has 2 heterocycles. The summed E-state index contributed by atoms with van der Waals surface area (Å²) in [6, 6.07) is 18.5. The molecule has 2 amide bonds. The maximum atomic E-state index is 13.4. The van der Waals surface area contributed by atoms with Crippen molar-refractivity contribution in [1.82, 2.24) is 9.88 Å². The number of anilines is 1. The molecule has 0 N–H and O–H groups in total. The highest BCUT2D eigenvalue weighted by molar-refractivity contribution is 8.00. The number of para-hydroxylation sites is 1. The van der Waals surface area contributed by atoms with Gasteiger partial charge in [-0.2, -0.15) is 0 Å².